The number of aromatic nitrogens is 3. The highest BCUT2D eigenvalue weighted by Gasteiger charge is 2.26. The maximum absolute atomic E-state index is 13.1. The lowest BCUT2D eigenvalue weighted by Crippen LogP contribution is -2.41. The quantitative estimate of drug-likeness (QED) is 0.751. The van der Waals surface area contributed by atoms with Crippen LogP contribution in [-0.2, 0) is 0 Å². The molecule has 0 atom stereocenters. The second kappa shape index (κ2) is 7.80. The van der Waals surface area contributed by atoms with E-state index in [2.05, 4.69) is 15.2 Å². The van der Waals surface area contributed by atoms with Crippen molar-refractivity contribution in [3.05, 3.63) is 65.9 Å². The number of hydrogen-bond acceptors (Lipinski definition) is 4. The van der Waals surface area contributed by atoms with Crippen LogP contribution in [0.2, 0.25) is 0 Å². The Kier molecular flexibility index (Phi) is 5.06. The number of H-pyrrole nitrogens is 1. The van der Waals surface area contributed by atoms with Crippen LogP contribution in [0.15, 0.2) is 48.7 Å². The van der Waals surface area contributed by atoms with E-state index in [1.54, 1.807) is 29.3 Å². The van der Waals surface area contributed by atoms with E-state index in [1.807, 2.05) is 19.1 Å². The van der Waals surface area contributed by atoms with E-state index < -0.39 is 0 Å². The zero-order valence-electron chi connectivity index (χ0n) is 15.6. The van der Waals surface area contributed by atoms with Crippen LogP contribution < -0.4 is 4.74 Å². The van der Waals surface area contributed by atoms with E-state index in [0.717, 1.165) is 29.8 Å². The van der Waals surface area contributed by atoms with Crippen molar-refractivity contribution in [2.75, 3.05) is 13.1 Å². The van der Waals surface area contributed by atoms with Crippen molar-refractivity contribution in [1.82, 2.24) is 20.1 Å². The predicted octanol–water partition coefficient (Wildman–Crippen LogP) is 3.60. The lowest BCUT2D eigenvalue weighted by atomic mass is 10.1. The number of halogens is 1. The molecule has 0 bridgehead atoms. The summed E-state index contributed by atoms with van der Waals surface area (Å²) in [4.78, 5) is 18.8. The molecule has 1 N–H and O–H groups in total. The van der Waals surface area contributed by atoms with Gasteiger partial charge in [0, 0.05) is 37.2 Å². The summed E-state index contributed by atoms with van der Waals surface area (Å²) in [5.74, 6) is 0.367. The number of hydrogen-bond donors (Lipinski definition) is 1. The third-order valence-corrected chi connectivity index (χ3v) is 4.86. The molecule has 1 saturated heterocycles. The van der Waals surface area contributed by atoms with Gasteiger partial charge in [0.1, 0.15) is 23.4 Å². The summed E-state index contributed by atoms with van der Waals surface area (Å²) in [6.07, 6.45) is 3.33. The smallest absolute Gasteiger partial charge is 0.271 e. The van der Waals surface area contributed by atoms with E-state index in [-0.39, 0.29) is 17.8 Å². The van der Waals surface area contributed by atoms with Gasteiger partial charge in [0.05, 0.1) is 11.9 Å². The molecule has 1 fully saturated rings. The molecular weight excluding hydrogens is 359 g/mol. The van der Waals surface area contributed by atoms with Gasteiger partial charge < -0.3 is 9.64 Å². The Morgan fingerprint density at radius 2 is 1.93 bits per heavy atom. The highest BCUT2D eigenvalue weighted by Crippen LogP contribution is 2.22. The highest BCUT2D eigenvalue weighted by atomic mass is 19.1. The van der Waals surface area contributed by atoms with Crippen molar-refractivity contribution >= 4 is 5.91 Å². The number of rotatable bonds is 4. The van der Waals surface area contributed by atoms with Gasteiger partial charge in [-0.1, -0.05) is 0 Å². The number of carbonyl (C=O) groups excluding carboxylic acids is 1. The molecule has 1 aromatic carbocycles. The van der Waals surface area contributed by atoms with E-state index in [9.17, 15) is 9.18 Å². The molecule has 1 aliphatic rings. The van der Waals surface area contributed by atoms with Crippen molar-refractivity contribution in [3.63, 3.8) is 0 Å². The fraction of sp³-hybridized carbons (Fsp3) is 0.286. The molecule has 0 saturated carbocycles. The number of pyridine rings is 1. The Morgan fingerprint density at radius 1 is 1.18 bits per heavy atom. The number of carbonyl (C=O) groups is 1. The first-order valence-corrected chi connectivity index (χ1v) is 9.28. The molecule has 3 aromatic rings. The molecule has 1 aliphatic heterocycles. The molecule has 0 aliphatic carbocycles. The van der Waals surface area contributed by atoms with E-state index in [0.29, 0.717) is 24.5 Å². The normalized spacial score (nSPS) is 14.9. The van der Waals surface area contributed by atoms with Gasteiger partial charge in [-0.25, -0.2) is 4.39 Å². The maximum atomic E-state index is 13.1. The van der Waals surface area contributed by atoms with Crippen LogP contribution in [0.5, 0.6) is 5.75 Å². The van der Waals surface area contributed by atoms with Gasteiger partial charge in [0.25, 0.3) is 5.91 Å². The zero-order chi connectivity index (χ0) is 19.5. The van der Waals surface area contributed by atoms with Gasteiger partial charge in [-0.05, 0) is 49.4 Å². The topological polar surface area (TPSA) is 71.1 Å². The molecular formula is C21H21FN4O2. The fourth-order valence-electron chi connectivity index (χ4n) is 3.26. The summed E-state index contributed by atoms with van der Waals surface area (Å²) in [5.41, 5.74) is 2.76. The number of piperidine rings is 1. The van der Waals surface area contributed by atoms with Crippen molar-refractivity contribution < 1.29 is 13.9 Å². The highest BCUT2D eigenvalue weighted by molar-refractivity contribution is 5.93. The number of aromatic amines is 1. The van der Waals surface area contributed by atoms with Crippen LogP contribution >= 0.6 is 0 Å². The third-order valence-electron chi connectivity index (χ3n) is 4.86. The average Bonchev–Trinajstić information content (AvgIpc) is 3.20. The first-order chi connectivity index (χ1) is 13.6. The number of nitrogens with one attached hydrogen (secondary N) is 1. The standard InChI is InChI=1S/C21H21FN4O2/c1-14-2-7-18(13-23-14)28-17-8-10-26(11-9-17)21(27)20-12-19(24-25-20)15-3-5-16(22)6-4-15/h2-7,12-13,17H,8-11H2,1H3,(H,24,25). The third kappa shape index (κ3) is 4.03. The summed E-state index contributed by atoms with van der Waals surface area (Å²) in [6.45, 7) is 3.17. The van der Waals surface area contributed by atoms with E-state index in [1.165, 1.54) is 12.1 Å². The number of aryl methyl sites for hydroxylation is 1. The lowest BCUT2D eigenvalue weighted by molar-refractivity contribution is 0.0589. The minimum Gasteiger partial charge on any atom is -0.489 e. The summed E-state index contributed by atoms with van der Waals surface area (Å²) in [6, 6.07) is 11.6. The van der Waals surface area contributed by atoms with Gasteiger partial charge in [-0.3, -0.25) is 14.9 Å². The van der Waals surface area contributed by atoms with E-state index >= 15 is 0 Å². The first kappa shape index (κ1) is 18.2. The summed E-state index contributed by atoms with van der Waals surface area (Å²) < 4.78 is 19.0. The molecule has 4 rings (SSSR count). The second-order valence-electron chi connectivity index (χ2n) is 6.92. The van der Waals surface area contributed by atoms with Gasteiger partial charge in [-0.15, -0.1) is 0 Å². The Balaban J connectivity index is 1.35. The first-order valence-electron chi connectivity index (χ1n) is 9.28. The summed E-state index contributed by atoms with van der Waals surface area (Å²) in [7, 11) is 0. The lowest BCUT2D eigenvalue weighted by Gasteiger charge is -2.31. The molecule has 1 amide bonds. The zero-order valence-corrected chi connectivity index (χ0v) is 15.6. The molecule has 144 valence electrons. The molecule has 28 heavy (non-hydrogen) atoms. The monoisotopic (exact) mass is 380 g/mol. The largest absolute Gasteiger partial charge is 0.489 e. The molecule has 0 radical (unpaired) electrons. The Hall–Kier alpha value is -3.22. The molecule has 0 spiro atoms. The molecule has 6 nitrogen and oxygen atoms in total. The van der Waals surface area contributed by atoms with Crippen molar-refractivity contribution in [2.24, 2.45) is 0 Å². The van der Waals surface area contributed by atoms with Gasteiger partial charge in [0.2, 0.25) is 0 Å². The number of ether oxygens (including phenoxy) is 1. The van der Waals surface area contributed by atoms with Crippen LogP contribution in [0.3, 0.4) is 0 Å². The molecule has 7 heteroatoms. The Labute approximate surface area is 162 Å². The van der Waals surface area contributed by atoms with Crippen LogP contribution in [-0.4, -0.2) is 45.2 Å². The minimum absolute atomic E-state index is 0.0742. The molecule has 0 unspecified atom stereocenters. The van der Waals surface area contributed by atoms with Gasteiger partial charge in [0.15, 0.2) is 0 Å². The maximum Gasteiger partial charge on any atom is 0.271 e. The number of nitrogens with zero attached hydrogens (tertiary/aromatic N) is 3. The Morgan fingerprint density at radius 3 is 2.61 bits per heavy atom. The van der Waals surface area contributed by atoms with Crippen LogP contribution in [0.25, 0.3) is 11.3 Å². The van der Waals surface area contributed by atoms with Gasteiger partial charge >= 0.3 is 0 Å². The van der Waals surface area contributed by atoms with Crippen molar-refractivity contribution in [3.8, 4) is 17.0 Å². The summed E-state index contributed by atoms with van der Waals surface area (Å²) in [5, 5.41) is 6.98. The number of benzene rings is 1. The SMILES string of the molecule is Cc1ccc(OC2CCN(C(=O)c3cc(-c4ccc(F)cc4)n[nH]3)CC2)cn1. The van der Waals surface area contributed by atoms with Crippen LogP contribution in [0, 0.1) is 12.7 Å². The summed E-state index contributed by atoms with van der Waals surface area (Å²) >= 11 is 0. The van der Waals surface area contributed by atoms with Gasteiger partial charge in [-0.2, -0.15) is 5.10 Å². The predicted molar refractivity (Wildman–Crippen MR) is 103 cm³/mol. The number of likely N-dealkylation sites (tertiary alicyclic amines) is 1. The Bertz CT molecular complexity index is 945. The van der Waals surface area contributed by atoms with Crippen molar-refractivity contribution in [1.29, 1.82) is 0 Å². The average molecular weight is 380 g/mol. The minimum atomic E-state index is -0.304. The second-order valence-corrected chi connectivity index (χ2v) is 6.92. The number of amides is 1. The van der Waals surface area contributed by atoms with Crippen LogP contribution in [0.1, 0.15) is 29.0 Å². The van der Waals surface area contributed by atoms with Crippen molar-refractivity contribution in [2.45, 2.75) is 25.9 Å². The van der Waals surface area contributed by atoms with Crippen LogP contribution in [0.4, 0.5) is 4.39 Å². The fourth-order valence-corrected chi connectivity index (χ4v) is 3.26. The molecule has 3 heterocycles. The van der Waals surface area contributed by atoms with E-state index in [4.69, 9.17) is 4.74 Å². The molecule has 2 aromatic heterocycles.